The topological polar surface area (TPSA) is 127 Å². The normalized spacial score (nSPS) is 11.0. The van der Waals surface area contributed by atoms with Gasteiger partial charge in [0, 0.05) is 25.4 Å². The number of fused-ring (bicyclic) bond motifs is 1. The Labute approximate surface area is 156 Å². The number of rotatable bonds is 5. The molecule has 3 heterocycles. The summed E-state index contributed by atoms with van der Waals surface area (Å²) in [4.78, 5) is 18.9. The van der Waals surface area contributed by atoms with E-state index in [9.17, 15) is 10.1 Å². The lowest BCUT2D eigenvalue weighted by Crippen LogP contribution is -2.08. The molecule has 27 heavy (non-hydrogen) atoms. The SMILES string of the molecule is Cn1nnnc1-n1c(OCc2cc([N+](=O)[O-])ccn2)nc2c(Cl)cccc21. The Kier molecular flexibility index (Phi) is 4.12. The molecule has 11 nitrogen and oxygen atoms in total. The molecule has 0 aliphatic carbocycles. The Morgan fingerprint density at radius 3 is 2.93 bits per heavy atom. The highest BCUT2D eigenvalue weighted by Crippen LogP contribution is 2.29. The quantitative estimate of drug-likeness (QED) is 0.377. The fourth-order valence-corrected chi connectivity index (χ4v) is 2.76. The van der Waals surface area contributed by atoms with Crippen molar-refractivity contribution in [1.82, 2.24) is 34.7 Å². The van der Waals surface area contributed by atoms with E-state index in [-0.39, 0.29) is 18.3 Å². The molecule has 0 unspecified atom stereocenters. The number of halogens is 1. The third-order valence-corrected chi connectivity index (χ3v) is 4.07. The van der Waals surface area contributed by atoms with Crippen LogP contribution in [0.15, 0.2) is 36.5 Å². The number of para-hydroxylation sites is 1. The first-order valence-electron chi connectivity index (χ1n) is 7.66. The molecule has 12 heteroatoms. The summed E-state index contributed by atoms with van der Waals surface area (Å²) in [5.74, 6) is 0.377. The van der Waals surface area contributed by atoms with Crippen molar-refractivity contribution < 1.29 is 9.66 Å². The predicted molar refractivity (Wildman–Crippen MR) is 93.7 cm³/mol. The van der Waals surface area contributed by atoms with Crippen LogP contribution in [-0.4, -0.2) is 39.7 Å². The molecule has 3 aromatic heterocycles. The molecular formula is C15H11ClN8O3. The zero-order valence-electron chi connectivity index (χ0n) is 13.9. The van der Waals surface area contributed by atoms with Crippen LogP contribution in [0.1, 0.15) is 5.69 Å². The summed E-state index contributed by atoms with van der Waals surface area (Å²) in [6.07, 6.45) is 1.35. The molecule has 136 valence electrons. The molecule has 0 saturated carbocycles. The van der Waals surface area contributed by atoms with Gasteiger partial charge in [-0.3, -0.25) is 15.1 Å². The highest BCUT2D eigenvalue weighted by atomic mass is 35.5. The van der Waals surface area contributed by atoms with Crippen LogP contribution in [0, 0.1) is 10.1 Å². The minimum Gasteiger partial charge on any atom is -0.458 e. The maximum atomic E-state index is 10.9. The molecule has 0 radical (unpaired) electrons. The van der Waals surface area contributed by atoms with Crippen molar-refractivity contribution in [2.24, 2.45) is 7.05 Å². The first-order chi connectivity index (χ1) is 13.0. The summed E-state index contributed by atoms with van der Waals surface area (Å²) in [5.41, 5.74) is 1.48. The predicted octanol–water partition coefficient (Wildman–Crippen LogP) is 2.08. The van der Waals surface area contributed by atoms with Gasteiger partial charge in [0.2, 0.25) is 0 Å². The van der Waals surface area contributed by atoms with Crippen LogP contribution in [0.3, 0.4) is 0 Å². The van der Waals surface area contributed by atoms with Crippen LogP contribution < -0.4 is 4.74 Å². The summed E-state index contributed by atoms with van der Waals surface area (Å²) < 4.78 is 8.84. The lowest BCUT2D eigenvalue weighted by Gasteiger charge is -2.08. The van der Waals surface area contributed by atoms with Gasteiger partial charge in [-0.1, -0.05) is 22.8 Å². The van der Waals surface area contributed by atoms with E-state index in [4.69, 9.17) is 16.3 Å². The highest BCUT2D eigenvalue weighted by molar-refractivity contribution is 6.35. The van der Waals surface area contributed by atoms with Gasteiger partial charge in [-0.05, 0) is 22.6 Å². The van der Waals surface area contributed by atoms with E-state index in [1.807, 2.05) is 0 Å². The minimum atomic E-state index is -0.495. The molecule has 0 aliphatic rings. The van der Waals surface area contributed by atoms with Gasteiger partial charge >= 0.3 is 6.01 Å². The van der Waals surface area contributed by atoms with E-state index in [0.717, 1.165) is 0 Å². The van der Waals surface area contributed by atoms with Crippen molar-refractivity contribution in [2.45, 2.75) is 6.61 Å². The first kappa shape index (κ1) is 16.8. The number of pyridine rings is 1. The van der Waals surface area contributed by atoms with Crippen LogP contribution in [0.5, 0.6) is 6.01 Å². The molecule has 0 saturated heterocycles. The Bertz CT molecular complexity index is 1160. The van der Waals surface area contributed by atoms with E-state index >= 15 is 0 Å². The van der Waals surface area contributed by atoms with Gasteiger partial charge in [0.15, 0.2) is 0 Å². The average molecular weight is 387 g/mol. The van der Waals surface area contributed by atoms with Crippen LogP contribution >= 0.6 is 11.6 Å². The average Bonchev–Trinajstić information content (AvgIpc) is 3.24. The summed E-state index contributed by atoms with van der Waals surface area (Å²) in [6.45, 7) is -0.0338. The van der Waals surface area contributed by atoms with Crippen LogP contribution in [0.4, 0.5) is 5.69 Å². The monoisotopic (exact) mass is 386 g/mol. The number of tetrazole rings is 1. The Morgan fingerprint density at radius 2 is 2.19 bits per heavy atom. The van der Waals surface area contributed by atoms with E-state index in [2.05, 4.69) is 25.5 Å². The third-order valence-electron chi connectivity index (χ3n) is 3.76. The van der Waals surface area contributed by atoms with Gasteiger partial charge in [0.05, 0.1) is 21.2 Å². The molecule has 0 fully saturated rings. The molecule has 1 aromatic carbocycles. The smallest absolute Gasteiger partial charge is 0.305 e. The van der Waals surface area contributed by atoms with Gasteiger partial charge in [-0.25, -0.2) is 9.25 Å². The highest BCUT2D eigenvalue weighted by Gasteiger charge is 2.20. The summed E-state index contributed by atoms with van der Waals surface area (Å²) in [6, 6.07) is 8.12. The Morgan fingerprint density at radius 1 is 1.33 bits per heavy atom. The molecule has 0 amide bonds. The molecule has 0 spiro atoms. The number of ether oxygens (including phenoxy) is 1. The third kappa shape index (κ3) is 3.04. The van der Waals surface area contributed by atoms with Crippen LogP contribution in [0.25, 0.3) is 17.0 Å². The number of hydrogen-bond acceptors (Lipinski definition) is 8. The minimum absolute atomic E-state index is 0.0338. The molecule has 0 N–H and O–H groups in total. The Hall–Kier alpha value is -3.60. The lowest BCUT2D eigenvalue weighted by atomic mass is 10.3. The number of nitro groups is 1. The van der Waals surface area contributed by atoms with Gasteiger partial charge in [0.1, 0.15) is 12.1 Å². The van der Waals surface area contributed by atoms with Crippen molar-refractivity contribution in [3.05, 3.63) is 57.4 Å². The maximum Gasteiger partial charge on any atom is 0.305 e. The second-order valence-corrected chi connectivity index (χ2v) is 5.90. The van der Waals surface area contributed by atoms with Gasteiger partial charge in [-0.2, -0.15) is 4.98 Å². The second-order valence-electron chi connectivity index (χ2n) is 5.49. The number of aromatic nitrogens is 7. The number of hydrogen-bond donors (Lipinski definition) is 0. The standard InChI is InChI=1S/C15H11ClN8O3/c1-22-14(19-20-21-22)23-12-4-2-3-11(16)13(12)18-15(23)27-8-9-7-10(24(25)26)5-6-17-9/h2-7H,8H2,1H3. The molecule has 4 aromatic rings. The van der Waals surface area contributed by atoms with Gasteiger partial charge < -0.3 is 4.74 Å². The molecule has 4 rings (SSSR count). The fourth-order valence-electron chi connectivity index (χ4n) is 2.54. The summed E-state index contributed by atoms with van der Waals surface area (Å²) in [5, 5.41) is 22.8. The number of benzene rings is 1. The zero-order chi connectivity index (χ0) is 19.0. The first-order valence-corrected chi connectivity index (χ1v) is 8.04. The maximum absolute atomic E-state index is 10.9. The van der Waals surface area contributed by atoms with Gasteiger partial charge in [-0.15, -0.1) is 0 Å². The summed E-state index contributed by atoms with van der Waals surface area (Å²) >= 11 is 6.24. The number of aryl methyl sites for hydroxylation is 1. The van der Waals surface area contributed by atoms with E-state index < -0.39 is 4.92 Å². The lowest BCUT2D eigenvalue weighted by molar-refractivity contribution is -0.385. The van der Waals surface area contributed by atoms with Crippen molar-refractivity contribution in [3.63, 3.8) is 0 Å². The summed E-state index contributed by atoms with van der Waals surface area (Å²) in [7, 11) is 1.68. The van der Waals surface area contributed by atoms with E-state index in [0.29, 0.717) is 27.7 Å². The largest absolute Gasteiger partial charge is 0.458 e. The second kappa shape index (κ2) is 6.61. The Balaban J connectivity index is 1.75. The molecule has 0 aliphatic heterocycles. The number of imidazole rings is 1. The molecule has 0 bridgehead atoms. The molecular weight excluding hydrogens is 376 g/mol. The zero-order valence-corrected chi connectivity index (χ0v) is 14.6. The van der Waals surface area contributed by atoms with Crippen LogP contribution in [-0.2, 0) is 13.7 Å². The fraction of sp³-hybridized carbons (Fsp3) is 0.133. The van der Waals surface area contributed by atoms with Crippen molar-refractivity contribution in [1.29, 1.82) is 0 Å². The van der Waals surface area contributed by atoms with Crippen molar-refractivity contribution in [2.75, 3.05) is 0 Å². The van der Waals surface area contributed by atoms with Gasteiger partial charge in [0.25, 0.3) is 11.6 Å². The number of nitrogens with zero attached hydrogens (tertiary/aromatic N) is 8. The molecule has 0 atom stereocenters. The van der Waals surface area contributed by atoms with Crippen LogP contribution in [0.2, 0.25) is 5.02 Å². The van der Waals surface area contributed by atoms with Crippen molar-refractivity contribution >= 4 is 28.3 Å². The van der Waals surface area contributed by atoms with E-state index in [1.165, 1.54) is 23.0 Å². The van der Waals surface area contributed by atoms with Crippen molar-refractivity contribution in [3.8, 4) is 12.0 Å². The van der Waals surface area contributed by atoms with E-state index in [1.54, 1.807) is 29.8 Å².